The molecule has 0 aromatic rings. The molecule has 0 aliphatic heterocycles. The van der Waals surface area contributed by atoms with E-state index in [1.54, 1.807) is 0 Å². The van der Waals surface area contributed by atoms with Crippen LogP contribution in [0.25, 0.3) is 0 Å². The van der Waals surface area contributed by atoms with Crippen LogP contribution in [-0.4, -0.2) is 37.2 Å². The van der Waals surface area contributed by atoms with Crippen LogP contribution >= 0.6 is 0 Å². The van der Waals surface area contributed by atoms with E-state index in [9.17, 15) is 14.4 Å². The Labute approximate surface area is 450 Å². The lowest BCUT2D eigenvalue weighted by atomic mass is 10.0. The van der Waals surface area contributed by atoms with E-state index < -0.39 is 6.10 Å². The molecule has 0 saturated heterocycles. The summed E-state index contributed by atoms with van der Waals surface area (Å²) < 4.78 is 16.9. The number of carbonyl (C=O) groups is 3. The molecule has 0 heterocycles. The molecule has 0 N–H and O–H groups in total. The first-order valence-electron chi connectivity index (χ1n) is 32.7. The minimum absolute atomic E-state index is 0.0661. The van der Waals surface area contributed by atoms with Crippen molar-refractivity contribution in [2.24, 2.45) is 0 Å². The molecule has 0 saturated carbocycles. The van der Waals surface area contributed by atoms with Crippen molar-refractivity contribution in [2.75, 3.05) is 13.2 Å². The van der Waals surface area contributed by atoms with Crippen LogP contribution < -0.4 is 0 Å². The first-order chi connectivity index (χ1) is 35.5. The molecule has 0 aromatic heterocycles. The number of esters is 3. The van der Waals surface area contributed by atoms with Gasteiger partial charge in [0.1, 0.15) is 13.2 Å². The van der Waals surface area contributed by atoms with Crippen LogP contribution in [0.1, 0.15) is 374 Å². The topological polar surface area (TPSA) is 78.9 Å². The van der Waals surface area contributed by atoms with Crippen LogP contribution in [0.5, 0.6) is 0 Å². The Hall–Kier alpha value is -1.85. The summed E-state index contributed by atoms with van der Waals surface area (Å²) in [7, 11) is 0. The second kappa shape index (κ2) is 61.7. The van der Waals surface area contributed by atoms with Gasteiger partial charge in [-0.05, 0) is 44.9 Å². The summed E-state index contributed by atoms with van der Waals surface area (Å²) in [6, 6.07) is 0. The zero-order valence-electron chi connectivity index (χ0n) is 49.0. The Bertz CT molecular complexity index is 1120. The molecule has 0 fully saturated rings. The number of allylic oxidation sites excluding steroid dienone is 2. The molecule has 0 radical (unpaired) electrons. The van der Waals surface area contributed by atoms with Gasteiger partial charge in [0, 0.05) is 19.3 Å². The highest BCUT2D eigenvalue weighted by molar-refractivity contribution is 5.71. The molecule has 426 valence electrons. The van der Waals surface area contributed by atoms with Crippen molar-refractivity contribution in [2.45, 2.75) is 380 Å². The molecule has 72 heavy (non-hydrogen) atoms. The summed E-state index contributed by atoms with van der Waals surface area (Å²) in [5.41, 5.74) is 0. The van der Waals surface area contributed by atoms with Crippen molar-refractivity contribution in [3.8, 4) is 0 Å². The Morgan fingerprint density at radius 2 is 0.458 bits per heavy atom. The quantitative estimate of drug-likeness (QED) is 0.0261. The van der Waals surface area contributed by atoms with Gasteiger partial charge < -0.3 is 14.2 Å². The van der Waals surface area contributed by atoms with Crippen LogP contribution in [0.3, 0.4) is 0 Å². The fourth-order valence-corrected chi connectivity index (χ4v) is 10.1. The predicted octanol–water partition coefficient (Wildman–Crippen LogP) is 22.1. The Morgan fingerprint density at radius 1 is 0.264 bits per heavy atom. The van der Waals surface area contributed by atoms with Gasteiger partial charge in [-0.3, -0.25) is 14.4 Å². The summed E-state index contributed by atoms with van der Waals surface area (Å²) in [4.78, 5) is 38.2. The first-order valence-corrected chi connectivity index (χ1v) is 32.7. The molecule has 6 nitrogen and oxygen atoms in total. The predicted molar refractivity (Wildman–Crippen MR) is 312 cm³/mol. The maximum Gasteiger partial charge on any atom is 0.306 e. The summed E-state index contributed by atoms with van der Waals surface area (Å²) in [5, 5.41) is 0. The summed E-state index contributed by atoms with van der Waals surface area (Å²) in [6.45, 7) is 6.69. The molecule has 0 aromatic carbocycles. The normalized spacial score (nSPS) is 12.0. The number of unbranched alkanes of at least 4 members (excludes halogenated alkanes) is 48. The summed E-state index contributed by atoms with van der Waals surface area (Å²) >= 11 is 0. The lowest BCUT2D eigenvalue weighted by molar-refractivity contribution is -0.167. The SMILES string of the molecule is CCCCCC/C=C\CCCCCCCC(=O)OCC(COC(=O)CCCCCCCCCCCCCCCCCCCCCCCCCCCC)OC(=O)CCCCCCCCCCCCCCCCC. The van der Waals surface area contributed by atoms with E-state index >= 15 is 0 Å². The molecular weight excluding hydrogens is 889 g/mol. The van der Waals surface area contributed by atoms with Gasteiger partial charge >= 0.3 is 17.9 Å². The van der Waals surface area contributed by atoms with Gasteiger partial charge in [0.15, 0.2) is 6.10 Å². The zero-order chi connectivity index (χ0) is 52.2. The third-order valence-corrected chi connectivity index (χ3v) is 15.0. The number of carbonyl (C=O) groups excluding carboxylic acids is 3. The van der Waals surface area contributed by atoms with Gasteiger partial charge in [0.05, 0.1) is 0 Å². The lowest BCUT2D eigenvalue weighted by Crippen LogP contribution is -2.30. The highest BCUT2D eigenvalue weighted by atomic mass is 16.6. The number of hydrogen-bond acceptors (Lipinski definition) is 6. The smallest absolute Gasteiger partial charge is 0.306 e. The minimum Gasteiger partial charge on any atom is -0.462 e. The Morgan fingerprint density at radius 3 is 0.708 bits per heavy atom. The maximum atomic E-state index is 12.9. The second-order valence-electron chi connectivity index (χ2n) is 22.4. The van der Waals surface area contributed by atoms with Gasteiger partial charge in [-0.25, -0.2) is 0 Å². The van der Waals surface area contributed by atoms with Crippen LogP contribution in [-0.2, 0) is 28.6 Å². The molecule has 0 aliphatic rings. The Balaban J connectivity index is 4.17. The number of rotatable bonds is 61. The van der Waals surface area contributed by atoms with Crippen molar-refractivity contribution in [1.29, 1.82) is 0 Å². The van der Waals surface area contributed by atoms with Crippen molar-refractivity contribution in [3.63, 3.8) is 0 Å². The third-order valence-electron chi connectivity index (χ3n) is 15.0. The van der Waals surface area contributed by atoms with E-state index in [4.69, 9.17) is 14.2 Å². The largest absolute Gasteiger partial charge is 0.462 e. The van der Waals surface area contributed by atoms with Crippen molar-refractivity contribution in [1.82, 2.24) is 0 Å². The van der Waals surface area contributed by atoms with Gasteiger partial charge in [-0.15, -0.1) is 0 Å². The molecule has 0 bridgehead atoms. The van der Waals surface area contributed by atoms with Crippen LogP contribution in [0.15, 0.2) is 12.2 Å². The molecule has 1 unspecified atom stereocenters. The van der Waals surface area contributed by atoms with Crippen LogP contribution in [0, 0.1) is 0 Å². The zero-order valence-corrected chi connectivity index (χ0v) is 49.0. The molecule has 1 atom stereocenters. The van der Waals surface area contributed by atoms with E-state index in [1.165, 1.54) is 270 Å². The van der Waals surface area contributed by atoms with Gasteiger partial charge in [-0.2, -0.15) is 0 Å². The average Bonchev–Trinajstić information content (AvgIpc) is 3.38. The van der Waals surface area contributed by atoms with E-state index in [1.807, 2.05) is 0 Å². The number of hydrogen-bond donors (Lipinski definition) is 0. The standard InChI is InChI=1S/C66H126O6/c1-4-7-10-13-16-19-22-25-27-28-29-30-31-32-33-34-35-36-37-39-41-44-47-50-53-56-59-65(68)71-62-63(61-70-64(67)58-55-52-49-46-43-40-24-21-18-15-12-9-6-3)72-66(69)60-57-54-51-48-45-42-38-26-23-20-17-14-11-8-5-2/h21,24,63H,4-20,22-23,25-62H2,1-3H3/b24-21-. The monoisotopic (exact) mass is 1010 g/mol. The number of ether oxygens (including phenoxy) is 3. The van der Waals surface area contributed by atoms with Crippen molar-refractivity contribution < 1.29 is 28.6 Å². The molecule has 6 heteroatoms. The van der Waals surface area contributed by atoms with Crippen LogP contribution in [0.4, 0.5) is 0 Å². The van der Waals surface area contributed by atoms with E-state index in [2.05, 4.69) is 32.9 Å². The van der Waals surface area contributed by atoms with E-state index in [-0.39, 0.29) is 31.1 Å². The van der Waals surface area contributed by atoms with Crippen LogP contribution in [0.2, 0.25) is 0 Å². The van der Waals surface area contributed by atoms with Gasteiger partial charge in [0.25, 0.3) is 0 Å². The average molecular weight is 1020 g/mol. The highest BCUT2D eigenvalue weighted by Crippen LogP contribution is 2.18. The van der Waals surface area contributed by atoms with E-state index in [0.29, 0.717) is 19.3 Å². The fraction of sp³-hybridized carbons (Fsp3) is 0.924. The molecule has 0 rings (SSSR count). The lowest BCUT2D eigenvalue weighted by Gasteiger charge is -2.18. The van der Waals surface area contributed by atoms with Gasteiger partial charge in [-0.1, -0.05) is 322 Å². The molecule has 0 aliphatic carbocycles. The fourth-order valence-electron chi connectivity index (χ4n) is 10.1. The minimum atomic E-state index is -0.768. The summed E-state index contributed by atoms with van der Waals surface area (Å²) in [5.74, 6) is -0.846. The summed E-state index contributed by atoms with van der Waals surface area (Å²) in [6.07, 6.45) is 72.3. The highest BCUT2D eigenvalue weighted by Gasteiger charge is 2.19. The molecular formula is C66H126O6. The second-order valence-corrected chi connectivity index (χ2v) is 22.4. The van der Waals surface area contributed by atoms with Crippen molar-refractivity contribution >= 4 is 17.9 Å². The van der Waals surface area contributed by atoms with E-state index in [0.717, 1.165) is 64.2 Å². The molecule has 0 amide bonds. The first kappa shape index (κ1) is 70.1. The van der Waals surface area contributed by atoms with Crippen molar-refractivity contribution in [3.05, 3.63) is 12.2 Å². The molecule has 0 spiro atoms. The Kier molecular flexibility index (Phi) is 60.1. The maximum absolute atomic E-state index is 12.9. The third kappa shape index (κ3) is 59.0. The van der Waals surface area contributed by atoms with Gasteiger partial charge in [0.2, 0.25) is 0 Å².